The van der Waals surface area contributed by atoms with Gasteiger partial charge in [0.05, 0.1) is 13.7 Å². The molecule has 1 amide bonds. The lowest BCUT2D eigenvalue weighted by Gasteiger charge is -2.09. The monoisotopic (exact) mass is 293 g/mol. The highest BCUT2D eigenvalue weighted by Gasteiger charge is 2.19. The average molecular weight is 293 g/mol. The molecule has 6 heteroatoms. The minimum Gasteiger partial charge on any atom is -0.493 e. The van der Waals surface area contributed by atoms with Gasteiger partial charge >= 0.3 is 0 Å². The lowest BCUT2D eigenvalue weighted by Crippen LogP contribution is -2.11. The number of aryl methyl sites for hydroxylation is 1. The fraction of sp³-hybridized carbons (Fsp3) is 0.400. The Hall–Kier alpha value is -2.21. The topological polar surface area (TPSA) is 83.9 Å². The molecule has 0 saturated heterocycles. The molecule has 6 nitrogen and oxygen atoms in total. The molecule has 0 fully saturated rings. The van der Waals surface area contributed by atoms with Crippen molar-refractivity contribution in [3.63, 3.8) is 0 Å². The third-order valence-electron chi connectivity index (χ3n) is 3.11. The van der Waals surface area contributed by atoms with Crippen molar-refractivity contribution in [3.05, 3.63) is 23.5 Å². The maximum atomic E-state index is 11.4. The minimum absolute atomic E-state index is 0.334. The van der Waals surface area contributed by atoms with Crippen LogP contribution in [0.5, 0.6) is 11.5 Å². The average Bonchev–Trinajstić information content (AvgIpc) is 2.78. The van der Waals surface area contributed by atoms with Gasteiger partial charge in [-0.15, -0.1) is 0 Å². The Morgan fingerprint density at radius 1 is 1.29 bits per heavy atom. The van der Waals surface area contributed by atoms with Gasteiger partial charge in [-0.2, -0.15) is 0 Å². The van der Waals surface area contributed by atoms with E-state index in [1.807, 2.05) is 0 Å². The number of hydrogen-bond donors (Lipinski definition) is 1. The number of ether oxygens (including phenoxy) is 3. The van der Waals surface area contributed by atoms with Crippen molar-refractivity contribution in [2.24, 2.45) is 5.73 Å². The number of methoxy groups -OCH3 is 2. The van der Waals surface area contributed by atoms with E-state index in [4.69, 9.17) is 24.4 Å². The van der Waals surface area contributed by atoms with E-state index < -0.39 is 5.91 Å². The van der Waals surface area contributed by atoms with Gasteiger partial charge in [0.2, 0.25) is 5.91 Å². The maximum Gasteiger partial charge on any atom is 0.248 e. The van der Waals surface area contributed by atoms with Crippen LogP contribution in [0.1, 0.15) is 22.5 Å². The van der Waals surface area contributed by atoms with Crippen LogP contribution in [-0.2, 0) is 4.74 Å². The number of benzene rings is 1. The fourth-order valence-electron chi connectivity index (χ4n) is 2.17. The van der Waals surface area contributed by atoms with Gasteiger partial charge in [-0.05, 0) is 19.1 Å². The standard InChI is InChI=1S/C15H19NO5/c1-9-14(19-3)13-11(20-6-4-5-18-2)7-10(15(16)17)8-12(13)21-9/h7-8H,4-6H2,1-3H3,(H2,16,17). The van der Waals surface area contributed by atoms with Gasteiger partial charge < -0.3 is 24.4 Å². The largest absolute Gasteiger partial charge is 0.493 e. The van der Waals surface area contributed by atoms with E-state index in [0.717, 1.165) is 6.42 Å². The van der Waals surface area contributed by atoms with Gasteiger partial charge in [0.1, 0.15) is 22.5 Å². The second-order valence-corrected chi connectivity index (χ2v) is 4.60. The number of rotatable bonds is 7. The number of nitrogens with two attached hydrogens (primary N) is 1. The zero-order valence-electron chi connectivity index (χ0n) is 12.4. The maximum absolute atomic E-state index is 11.4. The second kappa shape index (κ2) is 6.49. The van der Waals surface area contributed by atoms with Crippen molar-refractivity contribution in [2.45, 2.75) is 13.3 Å². The quantitative estimate of drug-likeness (QED) is 0.792. The summed E-state index contributed by atoms with van der Waals surface area (Å²) in [6.07, 6.45) is 0.734. The second-order valence-electron chi connectivity index (χ2n) is 4.60. The van der Waals surface area contributed by atoms with Gasteiger partial charge in [0, 0.05) is 25.7 Å². The lowest BCUT2D eigenvalue weighted by molar-refractivity contribution is 0.0999. The molecule has 21 heavy (non-hydrogen) atoms. The molecule has 0 radical (unpaired) electrons. The zero-order valence-corrected chi connectivity index (χ0v) is 12.4. The molecule has 0 aliphatic rings. The number of fused-ring (bicyclic) bond motifs is 1. The molecule has 0 atom stereocenters. The molecular formula is C15H19NO5. The van der Waals surface area contributed by atoms with Gasteiger partial charge in [0.25, 0.3) is 0 Å². The molecule has 0 bridgehead atoms. The van der Waals surface area contributed by atoms with Gasteiger partial charge in [-0.25, -0.2) is 0 Å². The molecule has 2 rings (SSSR count). The van der Waals surface area contributed by atoms with Gasteiger partial charge in [-0.1, -0.05) is 0 Å². The molecule has 0 saturated carbocycles. The Kier molecular flexibility index (Phi) is 4.70. The van der Waals surface area contributed by atoms with E-state index in [9.17, 15) is 4.79 Å². The molecule has 0 aliphatic heterocycles. The number of amides is 1. The molecule has 0 spiro atoms. The van der Waals surface area contributed by atoms with Crippen LogP contribution in [0, 0.1) is 6.92 Å². The minimum atomic E-state index is -0.535. The van der Waals surface area contributed by atoms with Crippen molar-refractivity contribution < 1.29 is 23.4 Å². The van der Waals surface area contributed by atoms with Crippen LogP contribution in [-0.4, -0.2) is 33.3 Å². The molecule has 1 aromatic carbocycles. The molecule has 1 heterocycles. The highest BCUT2D eigenvalue weighted by Crippen LogP contribution is 2.39. The summed E-state index contributed by atoms with van der Waals surface area (Å²) < 4.78 is 21.7. The Morgan fingerprint density at radius 3 is 2.67 bits per heavy atom. The molecular weight excluding hydrogens is 274 g/mol. The summed E-state index contributed by atoms with van der Waals surface area (Å²) in [6, 6.07) is 3.20. The molecule has 2 N–H and O–H groups in total. The normalized spacial score (nSPS) is 10.8. The lowest BCUT2D eigenvalue weighted by atomic mass is 10.1. The van der Waals surface area contributed by atoms with E-state index >= 15 is 0 Å². The van der Waals surface area contributed by atoms with E-state index in [1.165, 1.54) is 0 Å². The summed E-state index contributed by atoms with van der Waals surface area (Å²) in [5.41, 5.74) is 6.19. The van der Waals surface area contributed by atoms with Crippen molar-refractivity contribution in [2.75, 3.05) is 27.4 Å². The van der Waals surface area contributed by atoms with Crippen molar-refractivity contribution in [3.8, 4) is 11.5 Å². The molecule has 0 unspecified atom stereocenters. The summed E-state index contributed by atoms with van der Waals surface area (Å²) in [4.78, 5) is 11.4. The van der Waals surface area contributed by atoms with Crippen LogP contribution in [0.2, 0.25) is 0 Å². The highest BCUT2D eigenvalue weighted by atomic mass is 16.5. The number of primary amides is 1. The predicted molar refractivity (Wildman–Crippen MR) is 78.0 cm³/mol. The Labute approximate surface area is 122 Å². The fourth-order valence-corrected chi connectivity index (χ4v) is 2.17. The first-order valence-electron chi connectivity index (χ1n) is 6.61. The van der Waals surface area contributed by atoms with Crippen LogP contribution in [0.3, 0.4) is 0 Å². The number of hydrogen-bond acceptors (Lipinski definition) is 5. The van der Waals surface area contributed by atoms with Crippen molar-refractivity contribution >= 4 is 16.9 Å². The highest BCUT2D eigenvalue weighted by molar-refractivity contribution is 6.00. The SMILES string of the molecule is COCCCOc1cc(C(N)=O)cc2oc(C)c(OC)c12. The summed E-state index contributed by atoms with van der Waals surface area (Å²) in [6.45, 7) is 2.84. The Morgan fingerprint density at radius 2 is 2.05 bits per heavy atom. The molecule has 2 aromatic rings. The number of carbonyl (C=O) groups excluding carboxylic acids is 1. The number of carbonyl (C=O) groups is 1. The van der Waals surface area contributed by atoms with Crippen molar-refractivity contribution in [1.82, 2.24) is 0 Å². The summed E-state index contributed by atoms with van der Waals surface area (Å²) in [5, 5.41) is 0.706. The van der Waals surface area contributed by atoms with E-state index in [0.29, 0.717) is 47.0 Å². The first-order valence-corrected chi connectivity index (χ1v) is 6.61. The van der Waals surface area contributed by atoms with Crippen LogP contribution in [0.25, 0.3) is 11.0 Å². The van der Waals surface area contributed by atoms with E-state index in [2.05, 4.69) is 0 Å². The molecule has 114 valence electrons. The number of furan rings is 1. The predicted octanol–water partition coefficient (Wildman–Crippen LogP) is 2.26. The van der Waals surface area contributed by atoms with Gasteiger partial charge in [0.15, 0.2) is 5.75 Å². The zero-order chi connectivity index (χ0) is 15.4. The van der Waals surface area contributed by atoms with Crippen molar-refractivity contribution in [1.29, 1.82) is 0 Å². The van der Waals surface area contributed by atoms with Crippen LogP contribution in [0.4, 0.5) is 0 Å². The smallest absolute Gasteiger partial charge is 0.248 e. The van der Waals surface area contributed by atoms with E-state index in [-0.39, 0.29) is 0 Å². The van der Waals surface area contributed by atoms with Crippen LogP contribution >= 0.6 is 0 Å². The Bertz CT molecular complexity index is 647. The molecule has 0 aliphatic carbocycles. The third kappa shape index (κ3) is 3.11. The van der Waals surface area contributed by atoms with E-state index in [1.54, 1.807) is 33.3 Å². The summed E-state index contributed by atoms with van der Waals surface area (Å²) >= 11 is 0. The van der Waals surface area contributed by atoms with Gasteiger partial charge in [-0.3, -0.25) is 4.79 Å². The Balaban J connectivity index is 2.45. The van der Waals surface area contributed by atoms with Crippen LogP contribution in [0.15, 0.2) is 16.5 Å². The summed E-state index contributed by atoms with van der Waals surface area (Å²) in [7, 11) is 3.20. The molecule has 1 aromatic heterocycles. The van der Waals surface area contributed by atoms with Crippen LogP contribution < -0.4 is 15.2 Å². The first-order chi connectivity index (χ1) is 10.1. The first kappa shape index (κ1) is 15.2. The third-order valence-corrected chi connectivity index (χ3v) is 3.11. The summed E-state index contributed by atoms with van der Waals surface area (Å²) in [5.74, 6) is 1.20.